The van der Waals surface area contributed by atoms with E-state index in [9.17, 15) is 0 Å². The summed E-state index contributed by atoms with van der Waals surface area (Å²) in [6, 6.07) is 15.1. The maximum absolute atomic E-state index is 6.28. The SMILES string of the molecule is C=C(C)C[C@@H](C)c1ccc(OC2CCN(c3ccc(OC4CC4)cc3C)C2)cc1. The zero-order valence-corrected chi connectivity index (χ0v) is 18.0. The van der Waals surface area contributed by atoms with Crippen LogP contribution in [0.15, 0.2) is 54.6 Å². The highest BCUT2D eigenvalue weighted by Gasteiger charge is 2.26. The zero-order valence-electron chi connectivity index (χ0n) is 18.0. The van der Waals surface area contributed by atoms with E-state index in [1.165, 1.54) is 35.2 Å². The van der Waals surface area contributed by atoms with Crippen molar-refractivity contribution in [1.29, 1.82) is 0 Å². The Bertz CT molecular complexity index is 854. The van der Waals surface area contributed by atoms with Gasteiger partial charge in [-0.1, -0.05) is 24.6 Å². The molecule has 0 bridgehead atoms. The minimum atomic E-state index is 0.232. The van der Waals surface area contributed by atoms with Crippen LogP contribution in [0.1, 0.15) is 56.6 Å². The fourth-order valence-electron chi connectivity index (χ4n) is 4.19. The number of nitrogens with zero attached hydrogens (tertiary/aromatic N) is 1. The van der Waals surface area contributed by atoms with Crippen molar-refractivity contribution in [2.75, 3.05) is 18.0 Å². The van der Waals surface area contributed by atoms with Crippen LogP contribution < -0.4 is 14.4 Å². The van der Waals surface area contributed by atoms with E-state index < -0.39 is 0 Å². The molecule has 3 nitrogen and oxygen atoms in total. The van der Waals surface area contributed by atoms with Crippen LogP contribution in [0.4, 0.5) is 5.69 Å². The molecule has 2 aliphatic rings. The Morgan fingerprint density at radius 1 is 1.03 bits per heavy atom. The molecule has 1 saturated carbocycles. The van der Waals surface area contributed by atoms with Crippen LogP contribution >= 0.6 is 0 Å². The van der Waals surface area contributed by atoms with Crippen molar-refractivity contribution in [3.05, 3.63) is 65.7 Å². The second-order valence-corrected chi connectivity index (χ2v) is 8.87. The Hall–Kier alpha value is -2.42. The molecule has 0 spiro atoms. The Balaban J connectivity index is 1.33. The van der Waals surface area contributed by atoms with E-state index in [1.54, 1.807) is 0 Å². The molecule has 0 aromatic heterocycles. The largest absolute Gasteiger partial charge is 0.490 e. The van der Waals surface area contributed by atoms with Crippen LogP contribution in [0.3, 0.4) is 0 Å². The van der Waals surface area contributed by atoms with Crippen LogP contribution in [0.2, 0.25) is 0 Å². The third-order valence-corrected chi connectivity index (χ3v) is 5.89. The molecule has 0 amide bonds. The number of benzene rings is 2. The number of hydrogen-bond donors (Lipinski definition) is 0. The number of anilines is 1. The molecule has 3 heteroatoms. The van der Waals surface area contributed by atoms with Gasteiger partial charge in [-0.15, -0.1) is 6.58 Å². The Kier molecular flexibility index (Phi) is 5.84. The molecule has 2 aromatic carbocycles. The van der Waals surface area contributed by atoms with Gasteiger partial charge in [0.15, 0.2) is 0 Å². The maximum Gasteiger partial charge on any atom is 0.120 e. The highest BCUT2D eigenvalue weighted by molar-refractivity contribution is 5.56. The summed E-state index contributed by atoms with van der Waals surface area (Å²) in [4.78, 5) is 2.43. The Labute approximate surface area is 175 Å². The Morgan fingerprint density at radius 3 is 2.38 bits per heavy atom. The van der Waals surface area contributed by atoms with Gasteiger partial charge in [0.05, 0.1) is 12.6 Å². The summed E-state index contributed by atoms with van der Waals surface area (Å²) in [6.07, 6.45) is 5.14. The minimum Gasteiger partial charge on any atom is -0.490 e. The van der Waals surface area contributed by atoms with Crippen molar-refractivity contribution < 1.29 is 9.47 Å². The third kappa shape index (κ3) is 5.14. The lowest BCUT2D eigenvalue weighted by molar-refractivity contribution is 0.225. The molecule has 2 fully saturated rings. The summed E-state index contributed by atoms with van der Waals surface area (Å²) in [7, 11) is 0. The summed E-state index contributed by atoms with van der Waals surface area (Å²) >= 11 is 0. The monoisotopic (exact) mass is 391 g/mol. The van der Waals surface area contributed by atoms with Gasteiger partial charge in [-0.2, -0.15) is 0 Å². The van der Waals surface area contributed by atoms with E-state index in [-0.39, 0.29) is 6.10 Å². The third-order valence-electron chi connectivity index (χ3n) is 5.89. The van der Waals surface area contributed by atoms with Gasteiger partial charge in [-0.25, -0.2) is 0 Å². The van der Waals surface area contributed by atoms with Crippen LogP contribution in [0, 0.1) is 6.92 Å². The molecule has 2 atom stereocenters. The lowest BCUT2D eigenvalue weighted by atomic mass is 9.95. The lowest BCUT2D eigenvalue weighted by Crippen LogP contribution is -2.25. The molecule has 1 unspecified atom stereocenters. The predicted octanol–water partition coefficient (Wildman–Crippen LogP) is 6.26. The van der Waals surface area contributed by atoms with Crippen molar-refractivity contribution >= 4 is 5.69 Å². The van der Waals surface area contributed by atoms with Crippen molar-refractivity contribution in [1.82, 2.24) is 0 Å². The molecule has 1 heterocycles. The van der Waals surface area contributed by atoms with E-state index >= 15 is 0 Å². The van der Waals surface area contributed by atoms with Gasteiger partial charge in [0.1, 0.15) is 17.6 Å². The molecule has 0 N–H and O–H groups in total. The fraction of sp³-hybridized carbons (Fsp3) is 0.462. The highest BCUT2D eigenvalue weighted by Crippen LogP contribution is 2.32. The fourth-order valence-corrected chi connectivity index (χ4v) is 4.19. The van der Waals surface area contributed by atoms with Gasteiger partial charge in [-0.05, 0) is 80.5 Å². The highest BCUT2D eigenvalue weighted by atomic mass is 16.5. The zero-order chi connectivity index (χ0) is 20.4. The van der Waals surface area contributed by atoms with E-state index in [0.29, 0.717) is 12.0 Å². The van der Waals surface area contributed by atoms with Crippen LogP contribution in [0.25, 0.3) is 0 Å². The predicted molar refractivity (Wildman–Crippen MR) is 120 cm³/mol. The molecule has 4 rings (SSSR count). The summed E-state index contributed by atoms with van der Waals surface area (Å²) < 4.78 is 12.2. The first-order valence-electron chi connectivity index (χ1n) is 10.9. The standard InChI is InChI=1S/C26H33NO2/c1-18(2)15-19(3)21-5-7-22(8-6-21)29-25-13-14-27(17-25)26-12-11-24(16-20(26)4)28-23-9-10-23/h5-8,11-12,16,19,23,25H,1,9-10,13-15,17H2,2-4H3/t19-,25?/m1/s1. The number of hydrogen-bond acceptors (Lipinski definition) is 3. The van der Waals surface area contributed by atoms with Crippen molar-refractivity contribution in [2.24, 2.45) is 0 Å². The quantitative estimate of drug-likeness (QED) is 0.496. The molecule has 2 aromatic rings. The first kappa shape index (κ1) is 19.9. The Morgan fingerprint density at radius 2 is 1.72 bits per heavy atom. The molecule has 1 saturated heterocycles. The first-order valence-corrected chi connectivity index (χ1v) is 10.9. The van der Waals surface area contributed by atoms with Gasteiger partial charge >= 0.3 is 0 Å². The average molecular weight is 392 g/mol. The summed E-state index contributed by atoms with van der Waals surface area (Å²) in [6.45, 7) is 12.5. The van der Waals surface area contributed by atoms with E-state index in [4.69, 9.17) is 9.47 Å². The van der Waals surface area contributed by atoms with Gasteiger partial charge in [-0.3, -0.25) is 0 Å². The number of aryl methyl sites for hydroxylation is 1. The molecule has 1 aliphatic carbocycles. The topological polar surface area (TPSA) is 21.7 Å². The maximum atomic E-state index is 6.28. The number of ether oxygens (including phenoxy) is 2. The van der Waals surface area contributed by atoms with E-state index in [1.807, 2.05) is 0 Å². The molecular formula is C26H33NO2. The van der Waals surface area contributed by atoms with Gasteiger partial charge in [0.2, 0.25) is 0 Å². The second kappa shape index (κ2) is 8.52. The van der Waals surface area contributed by atoms with Gasteiger partial charge < -0.3 is 14.4 Å². The van der Waals surface area contributed by atoms with E-state index in [2.05, 4.69) is 74.7 Å². The van der Waals surface area contributed by atoms with Crippen LogP contribution in [-0.4, -0.2) is 25.3 Å². The molecule has 0 radical (unpaired) electrons. The minimum absolute atomic E-state index is 0.232. The molecular weight excluding hydrogens is 358 g/mol. The number of rotatable bonds is 8. The second-order valence-electron chi connectivity index (χ2n) is 8.87. The van der Waals surface area contributed by atoms with Crippen LogP contribution in [-0.2, 0) is 0 Å². The smallest absolute Gasteiger partial charge is 0.120 e. The normalized spacial score (nSPS) is 19.8. The lowest BCUT2D eigenvalue weighted by Gasteiger charge is -2.22. The first-order chi connectivity index (χ1) is 14.0. The average Bonchev–Trinajstić information content (AvgIpc) is 3.38. The van der Waals surface area contributed by atoms with E-state index in [0.717, 1.165) is 37.4 Å². The van der Waals surface area contributed by atoms with Crippen molar-refractivity contribution in [3.8, 4) is 11.5 Å². The van der Waals surface area contributed by atoms with Gasteiger partial charge in [0.25, 0.3) is 0 Å². The summed E-state index contributed by atoms with van der Waals surface area (Å²) in [5.74, 6) is 2.47. The van der Waals surface area contributed by atoms with Crippen LogP contribution in [0.5, 0.6) is 11.5 Å². The summed E-state index contributed by atoms with van der Waals surface area (Å²) in [5, 5.41) is 0. The van der Waals surface area contributed by atoms with Gasteiger partial charge in [0, 0.05) is 18.7 Å². The molecule has 1 aliphatic heterocycles. The molecule has 29 heavy (non-hydrogen) atoms. The van der Waals surface area contributed by atoms with Crippen molar-refractivity contribution in [2.45, 2.75) is 64.6 Å². The number of allylic oxidation sites excluding steroid dienone is 1. The van der Waals surface area contributed by atoms with Crippen molar-refractivity contribution in [3.63, 3.8) is 0 Å². The molecule has 154 valence electrons. The summed E-state index contributed by atoms with van der Waals surface area (Å²) in [5.41, 5.74) is 5.15.